The summed E-state index contributed by atoms with van der Waals surface area (Å²) in [6.07, 6.45) is 3.50. The van der Waals surface area contributed by atoms with Crippen LogP contribution in [0, 0.1) is 0 Å². The summed E-state index contributed by atoms with van der Waals surface area (Å²) in [5.41, 5.74) is 4.15. The second-order valence-electron chi connectivity index (χ2n) is 4.72. The lowest BCUT2D eigenvalue weighted by molar-refractivity contribution is 0.397. The van der Waals surface area contributed by atoms with Crippen LogP contribution >= 0.6 is 0 Å². The number of hydrogen-bond acceptors (Lipinski definition) is 6. The Morgan fingerprint density at radius 1 is 1.25 bits per heavy atom. The van der Waals surface area contributed by atoms with Crippen molar-refractivity contribution in [3.8, 4) is 17.4 Å². The molecule has 0 saturated carbocycles. The molecular formula is C14H17N5O. The molecular weight excluding hydrogens is 254 g/mol. The molecule has 0 aliphatic carbocycles. The van der Waals surface area contributed by atoms with E-state index in [2.05, 4.69) is 32.2 Å². The second-order valence-corrected chi connectivity index (χ2v) is 4.72. The largest absolute Gasteiger partial charge is 0.481 e. The fraction of sp³-hybridized carbons (Fsp3) is 0.429. The average molecular weight is 271 g/mol. The summed E-state index contributed by atoms with van der Waals surface area (Å²) in [7, 11) is 1.59. The highest BCUT2D eigenvalue weighted by atomic mass is 16.5. The Morgan fingerprint density at radius 3 is 2.95 bits per heavy atom. The molecule has 0 bridgehead atoms. The number of aromatic nitrogens is 4. The summed E-state index contributed by atoms with van der Waals surface area (Å²) >= 11 is 0. The Morgan fingerprint density at radius 2 is 2.15 bits per heavy atom. The van der Waals surface area contributed by atoms with E-state index >= 15 is 0 Å². The van der Waals surface area contributed by atoms with Gasteiger partial charge in [0.05, 0.1) is 12.8 Å². The molecule has 0 unspecified atom stereocenters. The molecule has 1 N–H and O–H groups in total. The maximum atomic E-state index is 5.13. The normalized spacial score (nSPS) is 13.3. The van der Waals surface area contributed by atoms with Gasteiger partial charge in [0.1, 0.15) is 12.0 Å². The molecule has 0 atom stereocenters. The van der Waals surface area contributed by atoms with Crippen molar-refractivity contribution in [1.82, 2.24) is 25.3 Å². The van der Waals surface area contributed by atoms with E-state index in [1.54, 1.807) is 13.2 Å². The number of hydrogen-bond donors (Lipinski definition) is 1. The lowest BCUT2D eigenvalue weighted by Crippen LogP contribution is -2.04. The molecule has 0 saturated heterocycles. The summed E-state index contributed by atoms with van der Waals surface area (Å²) in [5, 5.41) is 3.33. The summed E-state index contributed by atoms with van der Waals surface area (Å²) in [4.78, 5) is 17.6. The topological polar surface area (TPSA) is 72.8 Å². The van der Waals surface area contributed by atoms with E-state index in [9.17, 15) is 0 Å². The number of nitrogens with zero attached hydrogens (tertiary/aromatic N) is 4. The fourth-order valence-electron chi connectivity index (χ4n) is 2.37. The molecule has 3 heterocycles. The molecule has 6 heteroatoms. The molecule has 0 amide bonds. The van der Waals surface area contributed by atoms with Gasteiger partial charge in [0.2, 0.25) is 5.88 Å². The van der Waals surface area contributed by atoms with Gasteiger partial charge in [-0.05, 0) is 6.42 Å². The van der Waals surface area contributed by atoms with Gasteiger partial charge >= 0.3 is 0 Å². The summed E-state index contributed by atoms with van der Waals surface area (Å²) in [5.74, 6) is 1.17. The SMILES string of the molecule is CCCc1nc(-c2cc(OC)ncn2)nc2c1CNC2. The first-order valence-corrected chi connectivity index (χ1v) is 6.77. The zero-order valence-electron chi connectivity index (χ0n) is 11.7. The first-order valence-electron chi connectivity index (χ1n) is 6.77. The van der Waals surface area contributed by atoms with Gasteiger partial charge in [-0.15, -0.1) is 0 Å². The van der Waals surface area contributed by atoms with Gasteiger partial charge in [0.25, 0.3) is 0 Å². The highest BCUT2D eigenvalue weighted by molar-refractivity contribution is 5.52. The van der Waals surface area contributed by atoms with Crippen LogP contribution in [0.3, 0.4) is 0 Å². The third-order valence-corrected chi connectivity index (χ3v) is 3.34. The van der Waals surface area contributed by atoms with Crippen LogP contribution in [0.1, 0.15) is 30.3 Å². The van der Waals surface area contributed by atoms with Gasteiger partial charge in [0, 0.05) is 30.4 Å². The third-order valence-electron chi connectivity index (χ3n) is 3.34. The van der Waals surface area contributed by atoms with E-state index in [1.165, 1.54) is 11.9 Å². The van der Waals surface area contributed by atoms with Crippen LogP contribution in [0.5, 0.6) is 5.88 Å². The van der Waals surface area contributed by atoms with E-state index in [1.807, 2.05) is 0 Å². The minimum Gasteiger partial charge on any atom is -0.481 e. The predicted octanol–water partition coefficient (Wildman–Crippen LogP) is 1.50. The monoisotopic (exact) mass is 271 g/mol. The van der Waals surface area contributed by atoms with E-state index in [0.29, 0.717) is 17.4 Å². The first-order chi connectivity index (χ1) is 9.81. The molecule has 1 aliphatic rings. The molecule has 3 rings (SSSR count). The number of nitrogens with one attached hydrogen (secondary N) is 1. The Balaban J connectivity index is 2.07. The van der Waals surface area contributed by atoms with Gasteiger partial charge < -0.3 is 10.1 Å². The molecule has 0 spiro atoms. The van der Waals surface area contributed by atoms with E-state index in [4.69, 9.17) is 4.74 Å². The predicted molar refractivity (Wildman–Crippen MR) is 74.1 cm³/mol. The maximum absolute atomic E-state index is 5.13. The lowest BCUT2D eigenvalue weighted by atomic mass is 10.1. The summed E-state index contributed by atoms with van der Waals surface area (Å²) < 4.78 is 5.13. The van der Waals surface area contributed by atoms with Crippen molar-refractivity contribution in [2.75, 3.05) is 7.11 Å². The van der Waals surface area contributed by atoms with Crippen LogP contribution in [0.4, 0.5) is 0 Å². The van der Waals surface area contributed by atoms with Crippen molar-refractivity contribution in [2.45, 2.75) is 32.9 Å². The number of aryl methyl sites for hydroxylation is 1. The quantitative estimate of drug-likeness (QED) is 0.908. The van der Waals surface area contributed by atoms with Crippen LogP contribution in [0.2, 0.25) is 0 Å². The standard InChI is InChI=1S/C14H17N5O/c1-3-4-10-9-6-15-7-12(9)19-14(18-10)11-5-13(20-2)17-8-16-11/h5,8,15H,3-4,6-7H2,1-2H3. The molecule has 2 aromatic rings. The van der Waals surface area contributed by atoms with Gasteiger partial charge in [0.15, 0.2) is 5.82 Å². The Hall–Kier alpha value is -2.08. The molecule has 2 aromatic heterocycles. The van der Waals surface area contributed by atoms with Crippen molar-refractivity contribution in [2.24, 2.45) is 0 Å². The van der Waals surface area contributed by atoms with Crippen LogP contribution in [0.25, 0.3) is 11.5 Å². The zero-order valence-corrected chi connectivity index (χ0v) is 11.7. The highest BCUT2D eigenvalue weighted by Crippen LogP contribution is 2.23. The van der Waals surface area contributed by atoms with Crippen LogP contribution in [-0.4, -0.2) is 27.0 Å². The second kappa shape index (κ2) is 5.50. The van der Waals surface area contributed by atoms with E-state index in [-0.39, 0.29) is 0 Å². The van der Waals surface area contributed by atoms with E-state index in [0.717, 1.165) is 37.3 Å². The molecule has 0 radical (unpaired) electrons. The molecule has 1 aliphatic heterocycles. The number of methoxy groups -OCH3 is 1. The summed E-state index contributed by atoms with van der Waals surface area (Å²) in [6.45, 7) is 3.81. The Bertz CT molecular complexity index is 629. The minimum atomic E-state index is 0.522. The van der Waals surface area contributed by atoms with Crippen LogP contribution < -0.4 is 10.1 Å². The molecule has 0 aromatic carbocycles. The summed E-state index contributed by atoms with van der Waals surface area (Å²) in [6, 6.07) is 1.76. The minimum absolute atomic E-state index is 0.522. The lowest BCUT2D eigenvalue weighted by Gasteiger charge is -2.08. The molecule has 0 fully saturated rings. The van der Waals surface area contributed by atoms with Gasteiger partial charge in [-0.3, -0.25) is 0 Å². The van der Waals surface area contributed by atoms with Gasteiger partial charge in [-0.25, -0.2) is 19.9 Å². The maximum Gasteiger partial charge on any atom is 0.216 e. The van der Waals surface area contributed by atoms with Crippen molar-refractivity contribution >= 4 is 0 Å². The van der Waals surface area contributed by atoms with Gasteiger partial charge in [-0.1, -0.05) is 13.3 Å². The fourth-order valence-corrected chi connectivity index (χ4v) is 2.37. The van der Waals surface area contributed by atoms with Crippen molar-refractivity contribution < 1.29 is 4.74 Å². The third kappa shape index (κ3) is 2.34. The number of ether oxygens (including phenoxy) is 1. The molecule has 6 nitrogen and oxygen atoms in total. The van der Waals surface area contributed by atoms with Crippen molar-refractivity contribution in [3.63, 3.8) is 0 Å². The smallest absolute Gasteiger partial charge is 0.216 e. The molecule has 20 heavy (non-hydrogen) atoms. The highest BCUT2D eigenvalue weighted by Gasteiger charge is 2.19. The van der Waals surface area contributed by atoms with Crippen molar-refractivity contribution in [3.05, 3.63) is 29.3 Å². The van der Waals surface area contributed by atoms with Gasteiger partial charge in [-0.2, -0.15) is 0 Å². The van der Waals surface area contributed by atoms with E-state index < -0.39 is 0 Å². The number of fused-ring (bicyclic) bond motifs is 1. The van der Waals surface area contributed by atoms with Crippen LogP contribution in [-0.2, 0) is 19.5 Å². The Kier molecular flexibility index (Phi) is 3.56. The average Bonchev–Trinajstić information content (AvgIpc) is 2.96. The zero-order chi connectivity index (χ0) is 13.9. The molecule has 104 valence electrons. The number of rotatable bonds is 4. The first kappa shape index (κ1) is 12.9. The van der Waals surface area contributed by atoms with Crippen LogP contribution in [0.15, 0.2) is 12.4 Å². The van der Waals surface area contributed by atoms with Crippen molar-refractivity contribution in [1.29, 1.82) is 0 Å². The Labute approximate surface area is 117 Å².